The van der Waals surface area contributed by atoms with E-state index in [0.29, 0.717) is 22.3 Å². The lowest BCUT2D eigenvalue weighted by Crippen LogP contribution is -2.60. The van der Waals surface area contributed by atoms with Gasteiger partial charge in [-0.15, -0.1) is 11.3 Å². The number of aliphatic carboxylic acids is 1. The van der Waals surface area contributed by atoms with Gasteiger partial charge in [-0.1, -0.05) is 107 Å². The summed E-state index contributed by atoms with van der Waals surface area (Å²) in [6.07, 6.45) is -2.74. The van der Waals surface area contributed by atoms with E-state index in [1.54, 1.807) is 115 Å². The molecule has 0 saturated carbocycles. The first-order chi connectivity index (χ1) is 30.8. The van der Waals surface area contributed by atoms with E-state index in [0.717, 1.165) is 9.35 Å². The number of hydrogen-bond donors (Lipinski definition) is 8. The molecule has 0 radical (unpaired) electrons. The average Bonchev–Trinajstić information content (AvgIpc) is 3.80. The zero-order valence-electron chi connectivity index (χ0n) is 34.4. The number of nitrogens with one attached hydrogen (secondary N) is 6. The number of halogens is 1. The summed E-state index contributed by atoms with van der Waals surface area (Å²) in [5, 5.41) is 38.8. The number of aliphatic hydroxyl groups is 1. The van der Waals surface area contributed by atoms with Crippen molar-refractivity contribution in [1.82, 2.24) is 26.6 Å². The van der Waals surface area contributed by atoms with Gasteiger partial charge in [0.25, 0.3) is 5.91 Å². The number of carbonyl (C=O) groups excluding carboxylic acids is 6. The fraction of sp³-hybridized carbons (Fsp3) is 0.255. The number of carboxylic acid groups (broad SMARTS) is 1. The van der Waals surface area contributed by atoms with Crippen molar-refractivity contribution in [1.29, 1.82) is 0 Å². The van der Waals surface area contributed by atoms with E-state index in [1.165, 1.54) is 23.5 Å². The summed E-state index contributed by atoms with van der Waals surface area (Å²) in [7, 11) is 0. The van der Waals surface area contributed by atoms with Gasteiger partial charge in [0.15, 0.2) is 0 Å². The fourth-order valence-electron chi connectivity index (χ4n) is 7.02. The molecule has 2 aliphatic rings. The molecule has 17 heteroatoms. The second-order valence-electron chi connectivity index (χ2n) is 15.3. The molecular formula is C47H47BrN6O9S. The first-order valence-electron chi connectivity index (χ1n) is 20.5. The molecule has 15 nitrogen and oxygen atoms in total. The van der Waals surface area contributed by atoms with Crippen molar-refractivity contribution < 1.29 is 43.8 Å². The molecule has 0 saturated heterocycles. The Morgan fingerprint density at radius 3 is 1.78 bits per heavy atom. The lowest BCUT2D eigenvalue weighted by Gasteiger charge is -2.27. The Morgan fingerprint density at radius 2 is 1.20 bits per heavy atom. The van der Waals surface area contributed by atoms with Crippen LogP contribution in [0.2, 0.25) is 0 Å². The Labute approximate surface area is 381 Å². The van der Waals surface area contributed by atoms with Gasteiger partial charge in [0.2, 0.25) is 29.5 Å². The minimum atomic E-state index is -1.81. The van der Waals surface area contributed by atoms with Gasteiger partial charge in [0.1, 0.15) is 36.3 Å². The van der Waals surface area contributed by atoms with Gasteiger partial charge in [-0.25, -0.2) is 4.79 Å². The Morgan fingerprint density at radius 1 is 0.641 bits per heavy atom. The van der Waals surface area contributed by atoms with E-state index in [1.807, 2.05) is 0 Å². The summed E-state index contributed by atoms with van der Waals surface area (Å²) in [6, 6.07) is 27.7. The van der Waals surface area contributed by atoms with Crippen molar-refractivity contribution in [3.8, 4) is 0 Å². The highest BCUT2D eigenvalue weighted by Gasteiger charge is 2.34. The van der Waals surface area contributed by atoms with E-state index >= 15 is 0 Å². The Kier molecular flexibility index (Phi) is 16.5. The molecule has 4 aromatic carbocycles. The van der Waals surface area contributed by atoms with Crippen molar-refractivity contribution in [2.45, 2.75) is 74.8 Å². The predicted octanol–water partition coefficient (Wildman–Crippen LogP) is 3.24. The molecule has 5 aromatic rings. The van der Waals surface area contributed by atoms with Crippen LogP contribution in [0.4, 0.5) is 5.69 Å². The molecule has 1 aromatic heterocycles. The fourth-order valence-corrected chi connectivity index (χ4v) is 8.04. The van der Waals surface area contributed by atoms with Gasteiger partial charge >= 0.3 is 5.97 Å². The highest BCUT2D eigenvalue weighted by atomic mass is 79.9. The molecule has 8 N–H and O–H groups in total. The molecule has 0 fully saturated rings. The quantitative estimate of drug-likeness (QED) is 0.0908. The molecule has 3 heterocycles. The molecule has 2 bridgehead atoms. The molecule has 7 rings (SSSR count). The molecule has 64 heavy (non-hydrogen) atoms. The Hall–Kier alpha value is -6.69. The van der Waals surface area contributed by atoms with Gasteiger partial charge in [-0.3, -0.25) is 28.8 Å². The van der Waals surface area contributed by atoms with Gasteiger partial charge in [-0.2, -0.15) is 0 Å². The van der Waals surface area contributed by atoms with Crippen LogP contribution in [0.3, 0.4) is 0 Å². The summed E-state index contributed by atoms with van der Waals surface area (Å²) >= 11 is 4.75. The van der Waals surface area contributed by atoms with Crippen LogP contribution >= 0.6 is 27.3 Å². The van der Waals surface area contributed by atoms with Crippen molar-refractivity contribution in [3.63, 3.8) is 0 Å². The summed E-state index contributed by atoms with van der Waals surface area (Å²) < 4.78 is 0.773. The van der Waals surface area contributed by atoms with Crippen LogP contribution in [-0.2, 0) is 65.7 Å². The van der Waals surface area contributed by atoms with E-state index in [-0.39, 0.29) is 37.8 Å². The summed E-state index contributed by atoms with van der Waals surface area (Å²) in [5.74, 6) is -6.07. The summed E-state index contributed by atoms with van der Waals surface area (Å²) in [4.78, 5) is 97.0. The molecule has 0 unspecified atom stereocenters. The van der Waals surface area contributed by atoms with Crippen LogP contribution in [0.5, 0.6) is 0 Å². The molecule has 0 spiro atoms. The molecule has 6 amide bonds. The number of aliphatic hydroxyl groups excluding tert-OH is 1. The third kappa shape index (κ3) is 13.9. The highest BCUT2D eigenvalue weighted by Crippen LogP contribution is 2.17. The van der Waals surface area contributed by atoms with Crippen LogP contribution in [-0.4, -0.2) is 87.9 Å². The monoisotopic (exact) mass is 950 g/mol. The number of hydrogen-bond acceptors (Lipinski definition) is 9. The number of rotatable bonds is 11. The maximum atomic E-state index is 14.5. The summed E-state index contributed by atoms with van der Waals surface area (Å²) in [5.41, 5.74) is 2.71. The third-order valence-corrected chi connectivity index (χ3v) is 11.8. The first-order valence-corrected chi connectivity index (χ1v) is 22.1. The number of thiophene rings is 1. The van der Waals surface area contributed by atoms with E-state index in [9.17, 15) is 43.8 Å². The summed E-state index contributed by atoms with van der Waals surface area (Å²) in [6.45, 7) is 0. The molecule has 2 aliphatic heterocycles. The molecular weight excluding hydrogens is 905 g/mol. The second kappa shape index (κ2) is 22.6. The van der Waals surface area contributed by atoms with Crippen molar-refractivity contribution >= 4 is 74.4 Å². The number of carboxylic acids is 1. The van der Waals surface area contributed by atoms with Crippen LogP contribution in [0.25, 0.3) is 0 Å². The molecule has 332 valence electrons. The van der Waals surface area contributed by atoms with E-state index < -0.39 is 84.1 Å². The second-order valence-corrected chi connectivity index (χ2v) is 17.3. The largest absolute Gasteiger partial charge is 0.480 e. The van der Waals surface area contributed by atoms with Crippen molar-refractivity contribution in [3.05, 3.63) is 158 Å². The van der Waals surface area contributed by atoms with Crippen molar-refractivity contribution in [2.24, 2.45) is 0 Å². The predicted molar refractivity (Wildman–Crippen MR) is 243 cm³/mol. The average molecular weight is 952 g/mol. The normalized spacial score (nSPS) is 20.6. The highest BCUT2D eigenvalue weighted by molar-refractivity contribution is 9.10. The van der Waals surface area contributed by atoms with Crippen LogP contribution in [0.1, 0.15) is 33.6 Å². The lowest BCUT2D eigenvalue weighted by molar-refractivity contribution is -0.142. The Balaban J connectivity index is 1.37. The topological polar surface area (TPSA) is 232 Å². The number of anilines is 1. The van der Waals surface area contributed by atoms with Crippen LogP contribution in [0.15, 0.2) is 131 Å². The minimum absolute atomic E-state index is 0.0209. The third-order valence-electron chi connectivity index (χ3n) is 10.4. The lowest BCUT2D eigenvalue weighted by atomic mass is 10.00. The molecule has 0 aliphatic carbocycles. The number of amides is 6. The number of carbonyl (C=O) groups is 7. The maximum Gasteiger partial charge on any atom is 0.326 e. The minimum Gasteiger partial charge on any atom is -0.480 e. The zero-order valence-corrected chi connectivity index (χ0v) is 36.8. The van der Waals surface area contributed by atoms with Gasteiger partial charge in [0.05, 0.1) is 6.42 Å². The van der Waals surface area contributed by atoms with E-state index in [2.05, 4.69) is 47.8 Å². The standard InChI is InChI=1S/C47H47BrN6O9S/c48-32-17-13-30(14-18-32)23-36-43(58)51-35(22-28-8-3-1-4-9-28)42(57)52-37(44(59)54-39(47(62)63)25-29-10-5-2-6-11-29)24-31-15-19-33(20-16-31)49-46(61)40(55)27-41(56)50-38(45(60)53-36)26-34-12-7-21-64-34/h1-21,35-40,55H,22-27H2,(H,49,61)(H,50,56)(H,51,58)(H,52,57)(H,53,60)(H,54,59)(H,62,63)/t35-,36+,37-,38-,39+,40-/m1/s1. The van der Waals surface area contributed by atoms with E-state index in [4.69, 9.17) is 0 Å². The maximum absolute atomic E-state index is 14.5. The van der Waals surface area contributed by atoms with Gasteiger partial charge < -0.3 is 42.1 Å². The smallest absolute Gasteiger partial charge is 0.326 e. The van der Waals surface area contributed by atoms with Gasteiger partial charge in [-0.05, 0) is 58.0 Å². The van der Waals surface area contributed by atoms with Crippen LogP contribution in [0, 0.1) is 0 Å². The van der Waals surface area contributed by atoms with Gasteiger partial charge in [0, 0.05) is 47.1 Å². The molecule has 6 atom stereocenters. The first kappa shape index (κ1) is 46.8. The Bertz CT molecular complexity index is 2400. The SMILES string of the molecule is O=C1C[C@@H](O)C(=O)Nc2ccc(cc2)C[C@H](C(=O)N[C@@H](Cc2ccccc2)C(=O)O)NC(=O)[C@@H](Cc2ccccc2)NC(=O)[C@H](Cc2ccc(Br)cc2)NC(=O)[C@@H](Cc2cccs2)N1. The zero-order chi connectivity index (χ0) is 45.6. The number of benzene rings is 4. The van der Waals surface area contributed by atoms with Crippen LogP contribution < -0.4 is 31.9 Å². The van der Waals surface area contributed by atoms with Crippen molar-refractivity contribution in [2.75, 3.05) is 5.32 Å². The number of fused-ring (bicyclic) bond motifs is 18.